The Morgan fingerprint density at radius 1 is 1.16 bits per heavy atom. The quantitative estimate of drug-likeness (QED) is 0.563. The zero-order valence-corrected chi connectivity index (χ0v) is 14.8. The standard InChI is InChI=1S/C16H9Cl2N5OS/c17-10-1-2-11(12(18)7-10)13-8-25-16-21-15(22-23(13)16)20-14(24)9-3-5-19-6-4-9/h1-8H,(H,20,22,24). The second kappa shape index (κ2) is 6.44. The number of hydrogen-bond donors (Lipinski definition) is 1. The minimum Gasteiger partial charge on any atom is -0.289 e. The Kier molecular flexibility index (Phi) is 4.12. The van der Waals surface area contributed by atoms with Crippen LogP contribution in [0.25, 0.3) is 16.2 Å². The summed E-state index contributed by atoms with van der Waals surface area (Å²) in [5.74, 6) is -0.0771. The summed E-state index contributed by atoms with van der Waals surface area (Å²) in [6.07, 6.45) is 3.10. The molecular weight excluding hydrogens is 381 g/mol. The number of thiazole rings is 1. The fraction of sp³-hybridized carbons (Fsp3) is 0. The molecule has 0 spiro atoms. The Morgan fingerprint density at radius 2 is 1.96 bits per heavy atom. The predicted octanol–water partition coefficient (Wildman–Crippen LogP) is 4.41. The molecule has 3 heterocycles. The Hall–Kier alpha value is -2.48. The number of amides is 1. The van der Waals surface area contributed by atoms with Gasteiger partial charge in [-0.25, -0.2) is 4.52 Å². The molecule has 0 saturated carbocycles. The van der Waals surface area contributed by atoms with Gasteiger partial charge in [-0.05, 0) is 30.3 Å². The molecule has 0 saturated heterocycles. The van der Waals surface area contributed by atoms with E-state index in [1.807, 2.05) is 11.4 Å². The van der Waals surface area contributed by atoms with Gasteiger partial charge in [0.05, 0.1) is 10.7 Å². The van der Waals surface area contributed by atoms with Gasteiger partial charge in [0.25, 0.3) is 11.9 Å². The molecule has 25 heavy (non-hydrogen) atoms. The van der Waals surface area contributed by atoms with E-state index in [-0.39, 0.29) is 11.9 Å². The van der Waals surface area contributed by atoms with E-state index in [9.17, 15) is 4.79 Å². The number of anilines is 1. The molecule has 0 aliphatic carbocycles. The van der Waals surface area contributed by atoms with Crippen LogP contribution in [0, 0.1) is 0 Å². The molecule has 9 heteroatoms. The molecule has 0 aliphatic heterocycles. The lowest BCUT2D eigenvalue weighted by atomic mass is 10.2. The Morgan fingerprint density at radius 3 is 2.72 bits per heavy atom. The number of carbonyl (C=O) groups excluding carboxylic acids is 1. The molecule has 1 aromatic carbocycles. The summed E-state index contributed by atoms with van der Waals surface area (Å²) < 4.78 is 1.64. The van der Waals surface area contributed by atoms with Gasteiger partial charge in [0.2, 0.25) is 4.96 Å². The molecule has 4 aromatic rings. The van der Waals surface area contributed by atoms with Crippen molar-refractivity contribution in [3.05, 3.63) is 63.7 Å². The lowest BCUT2D eigenvalue weighted by Gasteiger charge is -2.03. The van der Waals surface area contributed by atoms with Gasteiger partial charge in [0.1, 0.15) is 0 Å². The van der Waals surface area contributed by atoms with Gasteiger partial charge in [-0.2, -0.15) is 4.98 Å². The van der Waals surface area contributed by atoms with Gasteiger partial charge in [0, 0.05) is 33.9 Å². The lowest BCUT2D eigenvalue weighted by molar-refractivity contribution is 0.102. The molecule has 0 bridgehead atoms. The summed E-state index contributed by atoms with van der Waals surface area (Å²) in [4.78, 5) is 21.1. The van der Waals surface area contributed by atoms with Gasteiger partial charge in [-0.1, -0.05) is 23.2 Å². The summed E-state index contributed by atoms with van der Waals surface area (Å²) in [5, 5.41) is 10.0. The zero-order valence-electron chi connectivity index (χ0n) is 12.5. The van der Waals surface area contributed by atoms with Crippen LogP contribution in [0.1, 0.15) is 10.4 Å². The smallest absolute Gasteiger partial charge is 0.258 e. The summed E-state index contributed by atoms with van der Waals surface area (Å²) in [5.41, 5.74) is 2.04. The zero-order chi connectivity index (χ0) is 17.4. The number of benzene rings is 1. The highest BCUT2D eigenvalue weighted by atomic mass is 35.5. The first-order valence-electron chi connectivity index (χ1n) is 7.13. The highest BCUT2D eigenvalue weighted by molar-refractivity contribution is 7.15. The van der Waals surface area contributed by atoms with Crippen LogP contribution >= 0.6 is 34.5 Å². The average Bonchev–Trinajstić information content (AvgIpc) is 3.16. The van der Waals surface area contributed by atoms with Crippen LogP contribution in [0.4, 0.5) is 5.95 Å². The Bertz CT molecular complexity index is 1080. The molecule has 1 N–H and O–H groups in total. The third-order valence-corrected chi connectivity index (χ3v) is 4.82. The minimum absolute atomic E-state index is 0.222. The SMILES string of the molecule is O=C(Nc1nc2scc(-c3ccc(Cl)cc3Cl)n2n1)c1ccncc1. The van der Waals surface area contributed by atoms with E-state index in [0.29, 0.717) is 20.6 Å². The Labute approximate surface area is 156 Å². The van der Waals surface area contributed by atoms with Crippen LogP contribution in [0.5, 0.6) is 0 Å². The van der Waals surface area contributed by atoms with Crippen molar-refractivity contribution in [3.8, 4) is 11.3 Å². The normalized spacial score (nSPS) is 11.0. The molecular formula is C16H9Cl2N5OS. The van der Waals surface area contributed by atoms with E-state index in [1.54, 1.807) is 41.2 Å². The van der Waals surface area contributed by atoms with Crippen LogP contribution in [0.15, 0.2) is 48.1 Å². The van der Waals surface area contributed by atoms with Crippen molar-refractivity contribution >= 4 is 51.4 Å². The third kappa shape index (κ3) is 3.09. The van der Waals surface area contributed by atoms with Gasteiger partial charge in [-0.15, -0.1) is 16.4 Å². The largest absolute Gasteiger partial charge is 0.289 e. The number of nitrogens with zero attached hydrogens (tertiary/aromatic N) is 4. The van der Waals surface area contributed by atoms with Gasteiger partial charge < -0.3 is 0 Å². The van der Waals surface area contributed by atoms with E-state index < -0.39 is 0 Å². The van der Waals surface area contributed by atoms with Gasteiger partial charge in [-0.3, -0.25) is 15.1 Å². The monoisotopic (exact) mass is 389 g/mol. The topological polar surface area (TPSA) is 72.2 Å². The predicted molar refractivity (Wildman–Crippen MR) is 98.5 cm³/mol. The second-order valence-electron chi connectivity index (χ2n) is 5.06. The maximum Gasteiger partial charge on any atom is 0.258 e. The highest BCUT2D eigenvalue weighted by Crippen LogP contribution is 2.33. The highest BCUT2D eigenvalue weighted by Gasteiger charge is 2.15. The van der Waals surface area contributed by atoms with Crippen LogP contribution < -0.4 is 5.32 Å². The lowest BCUT2D eigenvalue weighted by Crippen LogP contribution is -2.13. The van der Waals surface area contributed by atoms with Crippen LogP contribution in [0.2, 0.25) is 10.0 Å². The fourth-order valence-electron chi connectivity index (χ4n) is 2.29. The first-order chi connectivity index (χ1) is 12.1. The molecule has 0 aliphatic rings. The maximum absolute atomic E-state index is 12.2. The maximum atomic E-state index is 12.2. The van der Waals surface area contributed by atoms with Crippen molar-refractivity contribution in [2.75, 3.05) is 5.32 Å². The molecule has 0 fully saturated rings. The molecule has 1 amide bonds. The summed E-state index contributed by atoms with van der Waals surface area (Å²) in [6, 6.07) is 8.49. The number of nitrogens with one attached hydrogen (secondary N) is 1. The number of halogens is 2. The molecule has 0 unspecified atom stereocenters. The molecule has 0 radical (unpaired) electrons. The van der Waals surface area contributed by atoms with Crippen LogP contribution in [-0.2, 0) is 0 Å². The molecule has 3 aromatic heterocycles. The molecule has 124 valence electrons. The number of fused-ring (bicyclic) bond motifs is 1. The van der Waals surface area contributed by atoms with Gasteiger partial charge >= 0.3 is 0 Å². The van der Waals surface area contributed by atoms with Crippen molar-refractivity contribution in [2.24, 2.45) is 0 Å². The summed E-state index contributed by atoms with van der Waals surface area (Å²) in [7, 11) is 0. The second-order valence-corrected chi connectivity index (χ2v) is 6.75. The van der Waals surface area contributed by atoms with Crippen molar-refractivity contribution in [1.29, 1.82) is 0 Å². The van der Waals surface area contributed by atoms with Gasteiger partial charge in [0.15, 0.2) is 0 Å². The van der Waals surface area contributed by atoms with Crippen LogP contribution in [0.3, 0.4) is 0 Å². The van der Waals surface area contributed by atoms with Crippen molar-refractivity contribution in [2.45, 2.75) is 0 Å². The minimum atomic E-state index is -0.299. The van der Waals surface area contributed by atoms with E-state index in [0.717, 1.165) is 11.3 Å². The molecule has 6 nitrogen and oxygen atoms in total. The fourth-order valence-corrected chi connectivity index (χ4v) is 3.62. The van der Waals surface area contributed by atoms with Crippen LogP contribution in [-0.4, -0.2) is 25.5 Å². The van der Waals surface area contributed by atoms with Crippen molar-refractivity contribution in [1.82, 2.24) is 19.6 Å². The van der Waals surface area contributed by atoms with E-state index in [1.165, 1.54) is 11.3 Å². The first kappa shape index (κ1) is 16.0. The number of hydrogen-bond acceptors (Lipinski definition) is 5. The Balaban J connectivity index is 1.68. The number of pyridine rings is 1. The number of rotatable bonds is 3. The van der Waals surface area contributed by atoms with E-state index in [2.05, 4.69) is 20.4 Å². The molecule has 0 atom stereocenters. The molecule has 4 rings (SSSR count). The van der Waals surface area contributed by atoms with Crippen molar-refractivity contribution in [3.63, 3.8) is 0 Å². The third-order valence-electron chi connectivity index (χ3n) is 3.46. The number of carbonyl (C=O) groups is 1. The average molecular weight is 390 g/mol. The summed E-state index contributed by atoms with van der Waals surface area (Å²) >= 11 is 13.6. The van der Waals surface area contributed by atoms with E-state index >= 15 is 0 Å². The number of aromatic nitrogens is 4. The first-order valence-corrected chi connectivity index (χ1v) is 8.76. The van der Waals surface area contributed by atoms with Crippen molar-refractivity contribution < 1.29 is 4.79 Å². The summed E-state index contributed by atoms with van der Waals surface area (Å²) in [6.45, 7) is 0. The van der Waals surface area contributed by atoms with E-state index in [4.69, 9.17) is 23.2 Å².